The molecule has 0 bridgehead atoms. The first-order valence-corrected chi connectivity index (χ1v) is 11.5. The Kier molecular flexibility index (Phi) is 6.86. The van der Waals surface area contributed by atoms with Gasteiger partial charge in [-0.1, -0.05) is 12.2 Å². The molecule has 1 aliphatic carbocycles. The summed E-state index contributed by atoms with van der Waals surface area (Å²) in [6.07, 6.45) is 2.24. The first kappa shape index (κ1) is 21.8. The maximum Gasteiger partial charge on any atom is 0.414 e. The van der Waals surface area contributed by atoms with E-state index in [1.165, 1.54) is 11.0 Å². The molecule has 0 unspecified atom stereocenters. The normalized spacial score (nSPS) is 26.0. The number of aliphatic hydroxyl groups excluding tert-OH is 1. The van der Waals surface area contributed by atoms with Crippen LogP contribution >= 0.6 is 11.8 Å². The van der Waals surface area contributed by atoms with Crippen LogP contribution in [0.25, 0.3) is 0 Å². The van der Waals surface area contributed by atoms with Crippen LogP contribution in [0, 0.1) is 5.82 Å². The highest BCUT2D eigenvalue weighted by molar-refractivity contribution is 7.99. The first-order valence-electron chi connectivity index (χ1n) is 10.4. The fraction of sp³-hybridized carbons (Fsp3) is 0.524. The van der Waals surface area contributed by atoms with Crippen LogP contribution in [0.5, 0.6) is 0 Å². The third-order valence-corrected chi connectivity index (χ3v) is 6.45. The number of halogens is 1. The van der Waals surface area contributed by atoms with Crippen LogP contribution in [-0.4, -0.2) is 73.3 Å². The van der Waals surface area contributed by atoms with Gasteiger partial charge in [0.05, 0.1) is 30.1 Å². The van der Waals surface area contributed by atoms with Gasteiger partial charge in [-0.2, -0.15) is 11.8 Å². The van der Waals surface area contributed by atoms with Gasteiger partial charge >= 0.3 is 12.2 Å². The number of amides is 2. The second-order valence-corrected chi connectivity index (χ2v) is 8.96. The van der Waals surface area contributed by atoms with Gasteiger partial charge in [-0.3, -0.25) is 4.90 Å². The number of benzene rings is 1. The number of rotatable bonds is 5. The van der Waals surface area contributed by atoms with E-state index >= 15 is 0 Å². The average Bonchev–Trinajstić information content (AvgIpc) is 3.15. The van der Waals surface area contributed by atoms with E-state index in [0.29, 0.717) is 24.2 Å². The zero-order valence-corrected chi connectivity index (χ0v) is 17.9. The van der Waals surface area contributed by atoms with Crippen molar-refractivity contribution in [3.63, 3.8) is 0 Å². The number of cyclic esters (lactones) is 1. The number of hydrogen-bond acceptors (Lipinski definition) is 7. The first-order chi connectivity index (χ1) is 15.0. The van der Waals surface area contributed by atoms with Crippen molar-refractivity contribution < 1.29 is 28.6 Å². The molecule has 2 N–H and O–H groups in total. The lowest BCUT2D eigenvalue weighted by molar-refractivity contribution is 0.0722. The molecule has 1 aromatic rings. The molecule has 8 nitrogen and oxygen atoms in total. The number of aliphatic hydroxyl groups is 1. The van der Waals surface area contributed by atoms with Crippen LogP contribution in [0.2, 0.25) is 0 Å². The Balaban J connectivity index is 1.29. The minimum absolute atomic E-state index is 0.0981. The van der Waals surface area contributed by atoms with Crippen LogP contribution in [0.15, 0.2) is 30.4 Å². The fourth-order valence-electron chi connectivity index (χ4n) is 3.83. The summed E-state index contributed by atoms with van der Waals surface area (Å²) in [6.45, 7) is 1.66. The monoisotopic (exact) mass is 451 g/mol. The fourth-order valence-corrected chi connectivity index (χ4v) is 4.73. The summed E-state index contributed by atoms with van der Waals surface area (Å²) >= 11 is 1.85. The molecule has 4 rings (SSSR count). The van der Waals surface area contributed by atoms with Crippen molar-refractivity contribution in [2.24, 2.45) is 0 Å². The zero-order chi connectivity index (χ0) is 21.8. The lowest BCUT2D eigenvalue weighted by Gasteiger charge is -2.29. The molecule has 3 aliphatic rings. The van der Waals surface area contributed by atoms with Gasteiger partial charge in [-0.05, 0) is 31.0 Å². The summed E-state index contributed by atoms with van der Waals surface area (Å²) < 4.78 is 25.1. The Morgan fingerprint density at radius 1 is 1.29 bits per heavy atom. The molecular weight excluding hydrogens is 425 g/mol. The number of nitrogens with zero attached hydrogens (tertiary/aromatic N) is 2. The van der Waals surface area contributed by atoms with Gasteiger partial charge in [-0.15, -0.1) is 0 Å². The van der Waals surface area contributed by atoms with Crippen molar-refractivity contribution in [1.82, 2.24) is 5.32 Å². The molecule has 2 aliphatic heterocycles. The number of anilines is 2. The summed E-state index contributed by atoms with van der Waals surface area (Å²) in [4.78, 5) is 27.6. The lowest BCUT2D eigenvalue weighted by atomic mass is 10.0. The number of thioether (sulfide) groups is 1. The molecule has 1 aromatic carbocycles. The van der Waals surface area contributed by atoms with Gasteiger partial charge in [0.2, 0.25) is 0 Å². The number of alkyl carbamates (subject to hydrolysis) is 1. The molecule has 2 saturated heterocycles. The predicted molar refractivity (Wildman–Crippen MR) is 116 cm³/mol. The van der Waals surface area contributed by atoms with E-state index in [1.807, 2.05) is 16.7 Å². The summed E-state index contributed by atoms with van der Waals surface area (Å²) in [5.41, 5.74) is 0.952. The van der Waals surface area contributed by atoms with Gasteiger partial charge in [0.15, 0.2) is 6.10 Å². The van der Waals surface area contributed by atoms with Gasteiger partial charge in [0.1, 0.15) is 12.4 Å². The van der Waals surface area contributed by atoms with E-state index in [-0.39, 0.29) is 25.0 Å². The molecule has 2 amide bonds. The molecule has 10 heteroatoms. The highest BCUT2D eigenvalue weighted by Crippen LogP contribution is 2.29. The molecule has 0 radical (unpaired) electrons. The maximum absolute atomic E-state index is 14.7. The Bertz CT molecular complexity index is 848. The Hall–Kier alpha value is -2.46. The van der Waals surface area contributed by atoms with Crippen molar-refractivity contribution in [3.05, 3.63) is 36.2 Å². The Morgan fingerprint density at radius 3 is 2.81 bits per heavy atom. The van der Waals surface area contributed by atoms with Crippen LogP contribution < -0.4 is 15.1 Å². The number of hydrogen-bond donors (Lipinski definition) is 2. The molecule has 168 valence electrons. The standard InChI is InChI=1S/C21H26FN3O5S/c22-18-11-15(3-6-19(18)24-7-9-31-10-8-24)25-12-17(30-21(25)28)13-29-20(27)23-14-1-4-16(26)5-2-14/h1,3-4,6,11,14,16-17,26H,2,5,7-10,12-13H2,(H,23,27)/t14-,16+,17+/m0/s1. The maximum atomic E-state index is 14.7. The van der Waals surface area contributed by atoms with E-state index in [4.69, 9.17) is 9.47 Å². The number of ether oxygens (including phenoxy) is 2. The van der Waals surface area contributed by atoms with Gasteiger partial charge in [0.25, 0.3) is 0 Å². The SMILES string of the molecule is O=C(N[C@H]1C=C[C@@H](O)CC1)OC[C@H]1CN(c2ccc(N3CCSCC3)c(F)c2)C(=O)O1. The predicted octanol–water partition coefficient (Wildman–Crippen LogP) is 2.51. The minimum Gasteiger partial charge on any atom is -0.446 e. The van der Waals surface area contributed by atoms with E-state index in [9.17, 15) is 19.1 Å². The number of carbonyl (C=O) groups is 2. The van der Waals surface area contributed by atoms with Crippen LogP contribution in [0.1, 0.15) is 12.8 Å². The van der Waals surface area contributed by atoms with Crippen LogP contribution in [0.4, 0.5) is 25.4 Å². The van der Waals surface area contributed by atoms with Gasteiger partial charge < -0.3 is 24.8 Å². The smallest absolute Gasteiger partial charge is 0.414 e. The van der Waals surface area contributed by atoms with Crippen molar-refractivity contribution >= 4 is 35.3 Å². The Labute approximate surface area is 184 Å². The summed E-state index contributed by atoms with van der Waals surface area (Å²) in [7, 11) is 0. The summed E-state index contributed by atoms with van der Waals surface area (Å²) in [6, 6.07) is 4.55. The molecule has 0 spiro atoms. The molecule has 3 atom stereocenters. The molecule has 0 aromatic heterocycles. The molecule has 31 heavy (non-hydrogen) atoms. The van der Waals surface area contributed by atoms with Crippen LogP contribution in [0.3, 0.4) is 0 Å². The summed E-state index contributed by atoms with van der Waals surface area (Å²) in [5, 5.41) is 12.1. The highest BCUT2D eigenvalue weighted by atomic mass is 32.2. The molecule has 2 heterocycles. The zero-order valence-electron chi connectivity index (χ0n) is 17.0. The van der Waals surface area contributed by atoms with Crippen LogP contribution in [-0.2, 0) is 9.47 Å². The van der Waals surface area contributed by atoms with Crippen molar-refractivity contribution in [3.8, 4) is 0 Å². The Morgan fingerprint density at radius 2 is 2.10 bits per heavy atom. The van der Waals surface area contributed by atoms with E-state index < -0.39 is 24.4 Å². The van der Waals surface area contributed by atoms with Crippen molar-refractivity contribution in [1.29, 1.82) is 0 Å². The van der Waals surface area contributed by atoms with Crippen molar-refractivity contribution in [2.45, 2.75) is 31.1 Å². The molecule has 0 saturated carbocycles. The second-order valence-electron chi connectivity index (χ2n) is 7.73. The average molecular weight is 452 g/mol. The second kappa shape index (κ2) is 9.78. The largest absolute Gasteiger partial charge is 0.446 e. The lowest BCUT2D eigenvalue weighted by Crippen LogP contribution is -2.37. The summed E-state index contributed by atoms with van der Waals surface area (Å²) in [5.74, 6) is 1.56. The van der Waals surface area contributed by atoms with Gasteiger partial charge in [0, 0.05) is 24.6 Å². The van der Waals surface area contributed by atoms with Gasteiger partial charge in [-0.25, -0.2) is 14.0 Å². The molecule has 2 fully saturated rings. The molecular formula is C21H26FN3O5S. The van der Waals surface area contributed by atoms with E-state index in [0.717, 1.165) is 24.6 Å². The topological polar surface area (TPSA) is 91.3 Å². The van der Waals surface area contributed by atoms with Crippen molar-refractivity contribution in [2.75, 3.05) is 47.5 Å². The number of carbonyl (C=O) groups excluding carboxylic acids is 2. The minimum atomic E-state index is -0.635. The third kappa shape index (κ3) is 5.43. The third-order valence-electron chi connectivity index (χ3n) is 5.51. The number of nitrogens with one attached hydrogen (secondary N) is 1. The van der Waals surface area contributed by atoms with E-state index in [1.54, 1.807) is 24.3 Å². The quantitative estimate of drug-likeness (QED) is 0.665. The highest BCUT2D eigenvalue weighted by Gasteiger charge is 2.34. The van der Waals surface area contributed by atoms with E-state index in [2.05, 4.69) is 5.32 Å².